The van der Waals surface area contributed by atoms with Crippen molar-refractivity contribution < 1.29 is 9.59 Å². The highest BCUT2D eigenvalue weighted by atomic mass is 32.1. The molecular formula is C21H24N4O2S. The number of nitrogens with zero attached hydrogens (tertiary/aromatic N) is 2. The second-order valence-corrected chi connectivity index (χ2v) is 7.79. The third-order valence-corrected chi connectivity index (χ3v) is 5.29. The van der Waals surface area contributed by atoms with E-state index in [1.54, 1.807) is 6.07 Å². The molecule has 0 atom stereocenters. The van der Waals surface area contributed by atoms with E-state index in [9.17, 15) is 9.59 Å². The maximum Gasteiger partial charge on any atom is 0.257 e. The third kappa shape index (κ3) is 4.48. The van der Waals surface area contributed by atoms with Gasteiger partial charge in [0.15, 0.2) is 5.13 Å². The number of amides is 2. The lowest BCUT2D eigenvalue weighted by molar-refractivity contribution is -0.114. The van der Waals surface area contributed by atoms with Gasteiger partial charge in [-0.15, -0.1) is 0 Å². The Morgan fingerprint density at radius 3 is 2.43 bits per heavy atom. The number of rotatable bonds is 6. The molecule has 6 nitrogen and oxygen atoms in total. The van der Waals surface area contributed by atoms with Crippen LogP contribution in [0.2, 0.25) is 0 Å². The number of aromatic nitrogens is 1. The maximum atomic E-state index is 12.6. The predicted octanol–water partition coefficient (Wildman–Crippen LogP) is 4.74. The van der Waals surface area contributed by atoms with Gasteiger partial charge < -0.3 is 10.2 Å². The molecule has 0 bridgehead atoms. The summed E-state index contributed by atoms with van der Waals surface area (Å²) < 4.78 is 0.896. The van der Waals surface area contributed by atoms with Crippen LogP contribution in [0.5, 0.6) is 0 Å². The molecule has 0 saturated heterocycles. The van der Waals surface area contributed by atoms with E-state index in [1.165, 1.54) is 18.3 Å². The molecule has 3 aromatic rings. The van der Waals surface area contributed by atoms with Gasteiger partial charge in [-0.2, -0.15) is 0 Å². The lowest BCUT2D eigenvalue weighted by atomic mass is 10.1. The molecule has 7 heteroatoms. The van der Waals surface area contributed by atoms with Gasteiger partial charge >= 0.3 is 0 Å². The zero-order chi connectivity index (χ0) is 20.3. The van der Waals surface area contributed by atoms with Crippen LogP contribution in [0.15, 0.2) is 42.5 Å². The fourth-order valence-electron chi connectivity index (χ4n) is 3.08. The Balaban J connectivity index is 1.74. The molecular weight excluding hydrogens is 372 g/mol. The number of anilines is 3. The SMILES string of the molecule is CCN(c1ccc(C(=O)Nc2nc3ccc(NC(C)=O)cc3s2)cc1)C(C)C. The van der Waals surface area contributed by atoms with Crippen LogP contribution >= 0.6 is 11.3 Å². The molecule has 0 saturated carbocycles. The first-order chi connectivity index (χ1) is 13.4. The van der Waals surface area contributed by atoms with Crippen LogP contribution in [0.3, 0.4) is 0 Å². The van der Waals surface area contributed by atoms with E-state index in [-0.39, 0.29) is 11.8 Å². The second kappa shape index (κ2) is 8.39. The maximum absolute atomic E-state index is 12.6. The van der Waals surface area contributed by atoms with Crippen molar-refractivity contribution in [1.82, 2.24) is 4.98 Å². The second-order valence-electron chi connectivity index (χ2n) is 6.76. The van der Waals surface area contributed by atoms with E-state index in [0.717, 1.165) is 22.4 Å². The Kier molecular flexibility index (Phi) is 5.94. The van der Waals surface area contributed by atoms with Crippen molar-refractivity contribution in [1.29, 1.82) is 0 Å². The predicted molar refractivity (Wildman–Crippen MR) is 116 cm³/mol. The van der Waals surface area contributed by atoms with Gasteiger partial charge in [0.25, 0.3) is 5.91 Å². The van der Waals surface area contributed by atoms with Gasteiger partial charge in [-0.05, 0) is 63.2 Å². The monoisotopic (exact) mass is 396 g/mol. The molecule has 146 valence electrons. The van der Waals surface area contributed by atoms with Crippen LogP contribution in [0.4, 0.5) is 16.5 Å². The number of nitrogens with one attached hydrogen (secondary N) is 2. The van der Waals surface area contributed by atoms with E-state index in [4.69, 9.17) is 0 Å². The Labute approximate surface area is 168 Å². The molecule has 3 rings (SSSR count). The molecule has 0 unspecified atom stereocenters. The standard InChI is InChI=1S/C21H24N4O2S/c1-5-25(13(2)3)17-9-6-15(7-10-17)20(27)24-21-23-18-11-8-16(22-14(4)26)12-19(18)28-21/h6-13H,5H2,1-4H3,(H,22,26)(H,23,24,27). The van der Waals surface area contributed by atoms with Gasteiger partial charge in [-0.3, -0.25) is 14.9 Å². The zero-order valence-corrected chi connectivity index (χ0v) is 17.3. The van der Waals surface area contributed by atoms with E-state index in [2.05, 4.69) is 41.3 Å². The lowest BCUT2D eigenvalue weighted by Gasteiger charge is -2.27. The van der Waals surface area contributed by atoms with Gasteiger partial charge in [-0.1, -0.05) is 11.3 Å². The van der Waals surface area contributed by atoms with Crippen molar-refractivity contribution in [3.05, 3.63) is 48.0 Å². The van der Waals surface area contributed by atoms with Crippen molar-refractivity contribution in [2.75, 3.05) is 22.1 Å². The van der Waals surface area contributed by atoms with Gasteiger partial charge in [0.1, 0.15) is 0 Å². The van der Waals surface area contributed by atoms with Gasteiger partial charge in [0.05, 0.1) is 10.2 Å². The summed E-state index contributed by atoms with van der Waals surface area (Å²) in [6, 6.07) is 13.5. The highest BCUT2D eigenvalue weighted by Gasteiger charge is 2.13. The number of benzene rings is 2. The highest BCUT2D eigenvalue weighted by molar-refractivity contribution is 7.22. The minimum absolute atomic E-state index is 0.125. The molecule has 0 radical (unpaired) electrons. The molecule has 0 aliphatic carbocycles. The molecule has 0 fully saturated rings. The van der Waals surface area contributed by atoms with E-state index >= 15 is 0 Å². The molecule has 1 heterocycles. The van der Waals surface area contributed by atoms with Crippen molar-refractivity contribution >= 4 is 49.9 Å². The average Bonchev–Trinajstić information content (AvgIpc) is 3.03. The van der Waals surface area contributed by atoms with E-state index in [1.807, 2.05) is 36.4 Å². The summed E-state index contributed by atoms with van der Waals surface area (Å²) in [5, 5.41) is 6.14. The first-order valence-corrected chi connectivity index (χ1v) is 10.0. The van der Waals surface area contributed by atoms with Crippen LogP contribution in [0.1, 0.15) is 38.1 Å². The van der Waals surface area contributed by atoms with Crippen molar-refractivity contribution in [3.8, 4) is 0 Å². The number of carbonyl (C=O) groups is 2. The Morgan fingerprint density at radius 2 is 1.82 bits per heavy atom. The first-order valence-electron chi connectivity index (χ1n) is 9.23. The fraction of sp³-hybridized carbons (Fsp3) is 0.286. The third-order valence-electron chi connectivity index (χ3n) is 4.35. The van der Waals surface area contributed by atoms with Gasteiger partial charge in [0, 0.05) is 36.4 Å². The molecule has 0 aliphatic rings. The quantitative estimate of drug-likeness (QED) is 0.631. The van der Waals surface area contributed by atoms with Crippen LogP contribution in [0.25, 0.3) is 10.2 Å². The average molecular weight is 397 g/mol. The lowest BCUT2D eigenvalue weighted by Crippen LogP contribution is -2.30. The Morgan fingerprint density at radius 1 is 1.11 bits per heavy atom. The molecule has 2 amide bonds. The normalized spacial score (nSPS) is 10.9. The summed E-state index contributed by atoms with van der Waals surface area (Å²) >= 11 is 1.37. The van der Waals surface area contributed by atoms with E-state index in [0.29, 0.717) is 22.4 Å². The number of hydrogen-bond acceptors (Lipinski definition) is 5. The number of carbonyl (C=O) groups excluding carboxylic acids is 2. The van der Waals surface area contributed by atoms with Gasteiger partial charge in [-0.25, -0.2) is 4.98 Å². The van der Waals surface area contributed by atoms with Crippen LogP contribution in [-0.2, 0) is 4.79 Å². The minimum atomic E-state index is -0.194. The molecule has 0 aliphatic heterocycles. The summed E-state index contributed by atoms with van der Waals surface area (Å²) in [5.41, 5.74) is 3.17. The number of thiazole rings is 1. The Hall–Kier alpha value is -2.93. The summed E-state index contributed by atoms with van der Waals surface area (Å²) in [7, 11) is 0. The van der Waals surface area contributed by atoms with Crippen molar-refractivity contribution in [2.45, 2.75) is 33.7 Å². The molecule has 2 N–H and O–H groups in total. The topological polar surface area (TPSA) is 74.3 Å². The molecule has 28 heavy (non-hydrogen) atoms. The molecule has 1 aromatic heterocycles. The molecule has 0 spiro atoms. The molecule has 2 aromatic carbocycles. The summed E-state index contributed by atoms with van der Waals surface area (Å²) in [6.07, 6.45) is 0. The minimum Gasteiger partial charge on any atom is -0.369 e. The smallest absolute Gasteiger partial charge is 0.257 e. The summed E-state index contributed by atoms with van der Waals surface area (Å²) in [6.45, 7) is 8.79. The number of hydrogen-bond donors (Lipinski definition) is 2. The van der Waals surface area contributed by atoms with Crippen LogP contribution < -0.4 is 15.5 Å². The first kappa shape index (κ1) is 19.8. The van der Waals surface area contributed by atoms with Crippen LogP contribution in [-0.4, -0.2) is 29.4 Å². The summed E-state index contributed by atoms with van der Waals surface area (Å²) in [4.78, 5) is 30.5. The largest absolute Gasteiger partial charge is 0.369 e. The highest BCUT2D eigenvalue weighted by Crippen LogP contribution is 2.29. The van der Waals surface area contributed by atoms with Crippen LogP contribution in [0, 0.1) is 0 Å². The van der Waals surface area contributed by atoms with E-state index < -0.39 is 0 Å². The Bertz CT molecular complexity index is 995. The fourth-order valence-corrected chi connectivity index (χ4v) is 3.98. The van der Waals surface area contributed by atoms with Crippen molar-refractivity contribution in [3.63, 3.8) is 0 Å². The number of fused-ring (bicyclic) bond motifs is 1. The van der Waals surface area contributed by atoms with Gasteiger partial charge in [0.2, 0.25) is 5.91 Å². The van der Waals surface area contributed by atoms with Crippen molar-refractivity contribution in [2.24, 2.45) is 0 Å². The zero-order valence-electron chi connectivity index (χ0n) is 16.4. The summed E-state index contributed by atoms with van der Waals surface area (Å²) in [5.74, 6) is -0.319.